The first-order valence-corrected chi connectivity index (χ1v) is 14.9. The molecule has 3 N–H and O–H groups in total. The van der Waals surface area contributed by atoms with Crippen molar-refractivity contribution in [2.45, 2.75) is 38.1 Å². The quantitative estimate of drug-likeness (QED) is 0.255. The second-order valence-corrected chi connectivity index (χ2v) is 12.1. The fourth-order valence-electron chi connectivity index (χ4n) is 5.93. The predicted molar refractivity (Wildman–Crippen MR) is 166 cm³/mol. The lowest BCUT2D eigenvalue weighted by molar-refractivity contribution is 0.0904. The maximum absolute atomic E-state index is 14.1. The van der Waals surface area contributed by atoms with Gasteiger partial charge in [0.05, 0.1) is 11.1 Å². The molecule has 43 heavy (non-hydrogen) atoms. The summed E-state index contributed by atoms with van der Waals surface area (Å²) < 4.78 is 33.7. The number of fused-ring (bicyclic) bond motifs is 1. The van der Waals surface area contributed by atoms with E-state index in [1.807, 2.05) is 44.2 Å². The van der Waals surface area contributed by atoms with Crippen molar-refractivity contribution in [1.29, 1.82) is 0 Å². The van der Waals surface area contributed by atoms with Crippen LogP contribution in [0.2, 0.25) is 0 Å². The summed E-state index contributed by atoms with van der Waals surface area (Å²) in [4.78, 5) is 18.5. The highest BCUT2D eigenvalue weighted by molar-refractivity contribution is 6.11. The van der Waals surface area contributed by atoms with Crippen LogP contribution < -0.4 is 15.5 Å². The highest BCUT2D eigenvalue weighted by atomic mass is 19.1. The summed E-state index contributed by atoms with van der Waals surface area (Å²) in [6.07, 6.45) is 1.75. The summed E-state index contributed by atoms with van der Waals surface area (Å²) in [5.41, 5.74) is 3.80. The van der Waals surface area contributed by atoms with Crippen molar-refractivity contribution in [2.75, 3.05) is 62.0 Å². The molecule has 0 aliphatic carbocycles. The van der Waals surface area contributed by atoms with E-state index in [4.69, 9.17) is 4.74 Å². The van der Waals surface area contributed by atoms with Crippen molar-refractivity contribution in [1.82, 2.24) is 15.1 Å². The molecule has 1 aromatic heterocycles. The van der Waals surface area contributed by atoms with E-state index < -0.39 is 17.0 Å². The number of H-pyrrole nitrogens is 1. The topological polar surface area (TPSA) is 85.5 Å². The number of hydrogen-bond donors (Lipinski definition) is 3. The lowest BCUT2D eigenvalue weighted by Gasteiger charge is -2.34. The van der Waals surface area contributed by atoms with E-state index in [0.717, 1.165) is 67.5 Å². The lowest BCUT2D eigenvalue weighted by Crippen LogP contribution is -2.44. The highest BCUT2D eigenvalue weighted by Crippen LogP contribution is 2.35. The van der Waals surface area contributed by atoms with E-state index in [1.54, 1.807) is 0 Å². The number of benzene rings is 3. The maximum Gasteiger partial charge on any atom is 0.258 e. The fourth-order valence-corrected chi connectivity index (χ4v) is 5.93. The molecule has 10 heteroatoms. The Labute approximate surface area is 250 Å². The minimum Gasteiger partial charge on any atom is -0.381 e. The molecular formula is C33H38F2N6O2. The van der Waals surface area contributed by atoms with E-state index in [1.165, 1.54) is 12.1 Å². The van der Waals surface area contributed by atoms with Gasteiger partial charge < -0.3 is 25.2 Å². The molecule has 6 rings (SSSR count). The summed E-state index contributed by atoms with van der Waals surface area (Å²) in [5, 5.41) is 14.7. The number of aromatic amines is 1. The van der Waals surface area contributed by atoms with Crippen LogP contribution in [-0.4, -0.2) is 73.5 Å². The molecule has 2 aliphatic rings. The summed E-state index contributed by atoms with van der Waals surface area (Å²) in [6, 6.07) is 15.4. The number of carbonyl (C=O) groups is 1. The summed E-state index contributed by atoms with van der Waals surface area (Å²) >= 11 is 0. The zero-order valence-electron chi connectivity index (χ0n) is 24.8. The number of hydrogen-bond acceptors (Lipinski definition) is 6. The number of carbonyl (C=O) groups excluding carboxylic acids is 1. The monoisotopic (exact) mass is 588 g/mol. The average Bonchev–Trinajstić information content (AvgIpc) is 3.39. The van der Waals surface area contributed by atoms with Gasteiger partial charge in [-0.15, -0.1) is 0 Å². The molecule has 0 saturated carbocycles. The number of nitrogens with one attached hydrogen (secondary N) is 3. The summed E-state index contributed by atoms with van der Waals surface area (Å²) in [5.74, 6) is -1.12. The third-order valence-corrected chi connectivity index (χ3v) is 8.80. The van der Waals surface area contributed by atoms with Gasteiger partial charge in [0, 0.05) is 73.7 Å². The number of ether oxygens (including phenoxy) is 1. The number of amides is 1. The van der Waals surface area contributed by atoms with Crippen LogP contribution in [-0.2, 0) is 10.2 Å². The van der Waals surface area contributed by atoms with Crippen LogP contribution in [0.25, 0.3) is 10.9 Å². The molecule has 2 saturated heterocycles. The van der Waals surface area contributed by atoms with Crippen molar-refractivity contribution in [2.24, 2.45) is 0 Å². The maximum atomic E-state index is 14.1. The van der Waals surface area contributed by atoms with Crippen LogP contribution in [0.3, 0.4) is 0 Å². The predicted octanol–water partition coefficient (Wildman–Crippen LogP) is 5.76. The van der Waals surface area contributed by atoms with Gasteiger partial charge in [-0.2, -0.15) is 5.10 Å². The molecule has 0 radical (unpaired) electrons. The summed E-state index contributed by atoms with van der Waals surface area (Å²) in [6.45, 7) is 9.05. The molecule has 4 aromatic rings. The van der Waals surface area contributed by atoms with Gasteiger partial charge in [-0.1, -0.05) is 19.9 Å². The molecule has 1 amide bonds. The first-order valence-electron chi connectivity index (χ1n) is 14.9. The number of rotatable bonds is 7. The third-order valence-electron chi connectivity index (χ3n) is 8.80. The molecule has 2 aliphatic heterocycles. The van der Waals surface area contributed by atoms with Gasteiger partial charge >= 0.3 is 0 Å². The largest absolute Gasteiger partial charge is 0.381 e. The van der Waals surface area contributed by atoms with Crippen LogP contribution in [0.15, 0.2) is 54.6 Å². The highest BCUT2D eigenvalue weighted by Gasteiger charge is 2.26. The van der Waals surface area contributed by atoms with Gasteiger partial charge in [-0.25, -0.2) is 8.78 Å². The smallest absolute Gasteiger partial charge is 0.258 e. The van der Waals surface area contributed by atoms with Gasteiger partial charge in [0.15, 0.2) is 5.82 Å². The molecule has 0 spiro atoms. The van der Waals surface area contributed by atoms with Crippen LogP contribution in [0.1, 0.15) is 48.2 Å². The Hall–Kier alpha value is -4.02. The number of piperazine rings is 1. The van der Waals surface area contributed by atoms with Crippen molar-refractivity contribution >= 4 is 34.0 Å². The number of anilines is 3. The summed E-state index contributed by atoms with van der Waals surface area (Å²) in [7, 11) is 2.13. The van der Waals surface area contributed by atoms with Crippen LogP contribution >= 0.6 is 0 Å². The van der Waals surface area contributed by atoms with Gasteiger partial charge in [0.1, 0.15) is 11.6 Å². The van der Waals surface area contributed by atoms with E-state index in [-0.39, 0.29) is 11.9 Å². The first kappa shape index (κ1) is 29.1. The molecule has 0 bridgehead atoms. The normalized spacial score (nSPS) is 16.9. The first-order chi connectivity index (χ1) is 20.7. The Kier molecular flexibility index (Phi) is 8.07. The molecule has 8 nitrogen and oxygen atoms in total. The van der Waals surface area contributed by atoms with Gasteiger partial charge in [-0.05, 0) is 73.5 Å². The molecular weight excluding hydrogens is 550 g/mol. The van der Waals surface area contributed by atoms with Crippen molar-refractivity contribution < 1.29 is 18.3 Å². The standard InChI is InChI=1S/C33H38F2N6O2/c1-33(2,22-16-23(34)19-24(35)17-22)21-4-7-29-28(18-21)31(39-38-29)37-32(42)27-6-5-26(41-12-10-40(3)11-13-41)20-30(27)36-25-8-14-43-15-9-25/h4-7,16-20,25,36H,8-15H2,1-3H3,(H2,37,38,39,42). The van der Waals surface area contributed by atoms with Crippen LogP contribution in [0.4, 0.5) is 26.0 Å². The van der Waals surface area contributed by atoms with Crippen molar-refractivity contribution in [3.8, 4) is 0 Å². The molecule has 0 atom stereocenters. The Bertz CT molecular complexity index is 1600. The van der Waals surface area contributed by atoms with Gasteiger partial charge in [-0.3, -0.25) is 9.89 Å². The molecule has 3 heterocycles. The Morgan fingerprint density at radius 1 is 0.953 bits per heavy atom. The Morgan fingerprint density at radius 2 is 1.67 bits per heavy atom. The molecule has 226 valence electrons. The van der Waals surface area contributed by atoms with Crippen LogP contribution in [0, 0.1) is 11.6 Å². The molecule has 0 unspecified atom stereocenters. The number of aromatic nitrogens is 2. The number of halogens is 2. The zero-order chi connectivity index (χ0) is 30.1. The van der Waals surface area contributed by atoms with Crippen molar-refractivity contribution in [3.05, 3.63) is 82.9 Å². The minimum atomic E-state index is -0.699. The Morgan fingerprint density at radius 3 is 2.40 bits per heavy atom. The van der Waals surface area contributed by atoms with E-state index in [0.29, 0.717) is 35.5 Å². The van der Waals surface area contributed by atoms with E-state index in [2.05, 4.69) is 43.7 Å². The minimum absolute atomic E-state index is 0.215. The molecule has 2 fully saturated rings. The average molecular weight is 589 g/mol. The Balaban J connectivity index is 1.29. The number of nitrogens with zero attached hydrogens (tertiary/aromatic N) is 3. The van der Waals surface area contributed by atoms with Crippen LogP contribution in [0.5, 0.6) is 0 Å². The second-order valence-electron chi connectivity index (χ2n) is 12.1. The fraction of sp³-hybridized carbons (Fsp3) is 0.394. The SMILES string of the molecule is CN1CCN(c2ccc(C(=O)Nc3n[nH]c4ccc(C(C)(C)c5cc(F)cc(F)c5)cc34)c(NC3CCOCC3)c2)CC1. The second kappa shape index (κ2) is 11.9. The number of likely N-dealkylation sites (N-methyl/N-ethyl adjacent to an activating group) is 1. The zero-order valence-corrected chi connectivity index (χ0v) is 24.8. The van der Waals surface area contributed by atoms with E-state index in [9.17, 15) is 13.6 Å². The van der Waals surface area contributed by atoms with E-state index >= 15 is 0 Å². The third kappa shape index (κ3) is 6.21. The van der Waals surface area contributed by atoms with Crippen molar-refractivity contribution in [3.63, 3.8) is 0 Å². The lowest BCUT2D eigenvalue weighted by atomic mass is 9.78. The molecule has 3 aromatic carbocycles. The van der Waals surface area contributed by atoms with Gasteiger partial charge in [0.25, 0.3) is 5.91 Å². The van der Waals surface area contributed by atoms with Gasteiger partial charge in [0.2, 0.25) is 0 Å².